The molecule has 2 aromatic rings. The van der Waals surface area contributed by atoms with E-state index < -0.39 is 23.4 Å². The molecule has 6 nitrogen and oxygen atoms in total. The van der Waals surface area contributed by atoms with Crippen molar-refractivity contribution >= 4 is 22.3 Å². The number of ether oxygens (including phenoxy) is 3. The average molecular weight is 557 g/mol. The highest BCUT2D eigenvalue weighted by Crippen LogP contribution is 2.69. The normalized spacial score (nSPS) is 40.9. The molecule has 1 N–H and O–H groups in total. The van der Waals surface area contributed by atoms with Crippen LogP contribution < -0.4 is 4.74 Å². The highest BCUT2D eigenvalue weighted by Gasteiger charge is 2.75. The molecule has 0 bridgehead atoms. The molecular formula is C35H40O6. The van der Waals surface area contributed by atoms with Gasteiger partial charge in [-0.2, -0.15) is 0 Å². The number of benzene rings is 2. The van der Waals surface area contributed by atoms with E-state index in [1.165, 1.54) is 0 Å². The Hall–Kier alpha value is -2.80. The number of hydrogen-bond acceptors (Lipinski definition) is 6. The second kappa shape index (κ2) is 9.62. The Kier molecular flexibility index (Phi) is 6.35. The van der Waals surface area contributed by atoms with Crippen LogP contribution in [0.1, 0.15) is 59.3 Å². The van der Waals surface area contributed by atoms with Crippen molar-refractivity contribution in [2.45, 2.75) is 83.4 Å². The molecule has 6 heteroatoms. The van der Waals surface area contributed by atoms with Crippen LogP contribution >= 0.6 is 0 Å². The highest BCUT2D eigenvalue weighted by molar-refractivity contribution is 6.01. The third kappa shape index (κ3) is 3.87. The minimum Gasteiger partial charge on any atom is -0.486 e. The van der Waals surface area contributed by atoms with Crippen LogP contribution in [0.2, 0.25) is 0 Å². The first-order chi connectivity index (χ1) is 19.7. The summed E-state index contributed by atoms with van der Waals surface area (Å²) in [6.07, 6.45) is 8.50. The summed E-state index contributed by atoms with van der Waals surface area (Å²) in [5.41, 5.74) is -1.01. The Morgan fingerprint density at radius 3 is 2.76 bits per heavy atom. The maximum absolute atomic E-state index is 14.4. The van der Waals surface area contributed by atoms with Crippen molar-refractivity contribution in [3.63, 3.8) is 0 Å². The standard InChI is InChI=1S/C35H40O6/c1-4-7-31-40-30-18-27-26-13-11-23-17-24(36)14-15-33(23,2)32(26)28(37)19-34(27,3)35(30,41-31)29(38)20-39-25-12-10-21-8-5-6-9-22(21)16-25/h5-6,8-10,12,14-17,26-28,30-32,37H,4,7,11,13,18-20H2,1-3H3/t26?,27?,28?,30-,31+,32?,33?,34?,35-/m1/s1. The molecule has 1 aliphatic heterocycles. The maximum atomic E-state index is 14.4. The van der Waals surface area contributed by atoms with Crippen molar-refractivity contribution < 1.29 is 28.9 Å². The fraction of sp³-hybridized carbons (Fsp3) is 0.543. The van der Waals surface area contributed by atoms with Gasteiger partial charge in [0.2, 0.25) is 5.78 Å². The zero-order valence-electron chi connectivity index (χ0n) is 24.2. The van der Waals surface area contributed by atoms with Crippen LogP contribution in [0.5, 0.6) is 5.75 Å². The van der Waals surface area contributed by atoms with Gasteiger partial charge in [-0.1, -0.05) is 69.2 Å². The number of Topliss-reactive ketones (excluding diaryl/α,β-unsaturated/α-hetero) is 1. The molecular weight excluding hydrogens is 516 g/mol. The van der Waals surface area contributed by atoms with Crippen molar-refractivity contribution in [1.29, 1.82) is 0 Å². The summed E-state index contributed by atoms with van der Waals surface area (Å²) < 4.78 is 19.4. The molecule has 0 aromatic heterocycles. The van der Waals surface area contributed by atoms with Crippen molar-refractivity contribution in [2.24, 2.45) is 28.6 Å². The van der Waals surface area contributed by atoms with Gasteiger partial charge in [-0.05, 0) is 79.0 Å². The summed E-state index contributed by atoms with van der Waals surface area (Å²) in [6, 6.07) is 14.0. The number of rotatable bonds is 6. The summed E-state index contributed by atoms with van der Waals surface area (Å²) in [4.78, 5) is 26.6. The lowest BCUT2D eigenvalue weighted by molar-refractivity contribution is -0.200. The molecule has 2 aromatic carbocycles. The summed E-state index contributed by atoms with van der Waals surface area (Å²) in [6.45, 7) is 6.30. The van der Waals surface area contributed by atoms with Gasteiger partial charge >= 0.3 is 0 Å². The van der Waals surface area contributed by atoms with Gasteiger partial charge in [0.15, 0.2) is 17.7 Å². The fourth-order valence-corrected chi connectivity index (χ4v) is 9.52. The number of allylic oxidation sites excluding steroid dienone is 4. The topological polar surface area (TPSA) is 82.1 Å². The van der Waals surface area contributed by atoms with E-state index in [0.29, 0.717) is 12.2 Å². The third-order valence-corrected chi connectivity index (χ3v) is 11.3. The molecule has 1 saturated heterocycles. The number of aliphatic hydroxyl groups excluding tert-OH is 1. The van der Waals surface area contributed by atoms with Crippen molar-refractivity contribution in [1.82, 2.24) is 0 Å². The minimum absolute atomic E-state index is 0.0174. The molecule has 1 heterocycles. The first-order valence-corrected chi connectivity index (χ1v) is 15.3. The zero-order chi connectivity index (χ0) is 28.6. The Balaban J connectivity index is 1.21. The van der Waals surface area contributed by atoms with Crippen molar-refractivity contribution in [3.8, 4) is 5.75 Å². The van der Waals surface area contributed by atoms with Crippen LogP contribution in [0.4, 0.5) is 0 Å². The largest absolute Gasteiger partial charge is 0.486 e. The van der Waals surface area contributed by atoms with Gasteiger partial charge in [0.25, 0.3) is 0 Å². The lowest BCUT2D eigenvalue weighted by Gasteiger charge is -2.59. The van der Waals surface area contributed by atoms with E-state index in [0.717, 1.165) is 48.4 Å². The van der Waals surface area contributed by atoms with E-state index in [1.54, 1.807) is 12.2 Å². The predicted octanol–water partition coefficient (Wildman–Crippen LogP) is 5.96. The molecule has 3 saturated carbocycles. The molecule has 0 amide bonds. The monoisotopic (exact) mass is 556 g/mol. The molecule has 41 heavy (non-hydrogen) atoms. The number of carbonyl (C=O) groups is 2. The summed E-state index contributed by atoms with van der Waals surface area (Å²) in [5, 5.41) is 14.1. The zero-order valence-corrected chi connectivity index (χ0v) is 24.2. The van der Waals surface area contributed by atoms with Gasteiger partial charge in [0, 0.05) is 16.7 Å². The first kappa shape index (κ1) is 27.1. The Morgan fingerprint density at radius 2 is 1.95 bits per heavy atom. The molecule has 6 unspecified atom stereocenters. The Labute approximate surface area is 241 Å². The van der Waals surface area contributed by atoms with Gasteiger partial charge < -0.3 is 19.3 Å². The minimum atomic E-state index is -1.17. The van der Waals surface area contributed by atoms with Crippen LogP contribution in [-0.4, -0.2) is 47.4 Å². The maximum Gasteiger partial charge on any atom is 0.205 e. The smallest absolute Gasteiger partial charge is 0.205 e. The van der Waals surface area contributed by atoms with Crippen LogP contribution in [0.15, 0.2) is 66.3 Å². The molecule has 0 radical (unpaired) electrons. The molecule has 216 valence electrons. The summed E-state index contributed by atoms with van der Waals surface area (Å²) >= 11 is 0. The average Bonchev–Trinajstić information content (AvgIpc) is 3.44. The predicted molar refractivity (Wildman–Crippen MR) is 155 cm³/mol. The second-order valence-electron chi connectivity index (χ2n) is 13.4. The van der Waals surface area contributed by atoms with Crippen LogP contribution in [-0.2, 0) is 19.1 Å². The SMILES string of the molecule is CCC[C@H]1O[C@@H]2CC3C4CCC5=CC(=O)C=CC5(C)C4C(O)CC3(C)[C@]2(C(=O)COc2ccc3ccccc3c2)O1. The van der Waals surface area contributed by atoms with E-state index >= 15 is 0 Å². The third-order valence-electron chi connectivity index (χ3n) is 11.3. The Morgan fingerprint density at radius 1 is 1.15 bits per heavy atom. The van der Waals surface area contributed by atoms with E-state index in [-0.39, 0.29) is 47.4 Å². The lowest BCUT2D eigenvalue weighted by Crippen LogP contribution is -2.63. The van der Waals surface area contributed by atoms with Crippen LogP contribution in [0, 0.1) is 28.6 Å². The first-order valence-electron chi connectivity index (χ1n) is 15.3. The molecule has 5 aliphatic rings. The quantitative estimate of drug-likeness (QED) is 0.473. The molecule has 7 rings (SSSR count). The summed E-state index contributed by atoms with van der Waals surface area (Å²) in [7, 11) is 0. The molecule has 9 atom stereocenters. The lowest BCUT2D eigenvalue weighted by atomic mass is 9.46. The summed E-state index contributed by atoms with van der Waals surface area (Å²) in [5.74, 6) is 0.901. The number of carbonyl (C=O) groups excluding carboxylic acids is 2. The highest BCUT2D eigenvalue weighted by atomic mass is 16.7. The molecule has 0 spiro atoms. The number of aliphatic hydroxyl groups is 1. The van der Waals surface area contributed by atoms with Crippen molar-refractivity contribution in [3.05, 3.63) is 66.3 Å². The van der Waals surface area contributed by atoms with Gasteiger partial charge in [-0.3, -0.25) is 9.59 Å². The fourth-order valence-electron chi connectivity index (χ4n) is 9.52. The van der Waals surface area contributed by atoms with Crippen molar-refractivity contribution in [2.75, 3.05) is 6.61 Å². The molecule has 4 fully saturated rings. The van der Waals surface area contributed by atoms with E-state index in [9.17, 15) is 14.7 Å². The van der Waals surface area contributed by atoms with E-state index in [4.69, 9.17) is 14.2 Å². The second-order valence-corrected chi connectivity index (χ2v) is 13.4. The van der Waals surface area contributed by atoms with Gasteiger partial charge in [-0.15, -0.1) is 0 Å². The van der Waals surface area contributed by atoms with Crippen LogP contribution in [0.25, 0.3) is 10.8 Å². The molecule has 4 aliphatic carbocycles. The van der Waals surface area contributed by atoms with Gasteiger partial charge in [0.05, 0.1) is 12.2 Å². The van der Waals surface area contributed by atoms with E-state index in [1.807, 2.05) is 42.5 Å². The van der Waals surface area contributed by atoms with Gasteiger partial charge in [-0.25, -0.2) is 0 Å². The van der Waals surface area contributed by atoms with E-state index in [2.05, 4.69) is 26.8 Å². The number of ketones is 2. The number of hydrogen-bond donors (Lipinski definition) is 1. The Bertz CT molecular complexity index is 1460. The van der Waals surface area contributed by atoms with Crippen LogP contribution in [0.3, 0.4) is 0 Å². The van der Waals surface area contributed by atoms with Gasteiger partial charge in [0.1, 0.15) is 12.4 Å². The number of fused-ring (bicyclic) bond motifs is 8.